The summed E-state index contributed by atoms with van der Waals surface area (Å²) in [6, 6.07) is 13.4. The molecular weight excluding hydrogens is 262 g/mol. The Morgan fingerprint density at radius 2 is 1.71 bits per heavy atom. The summed E-state index contributed by atoms with van der Waals surface area (Å²) in [6.07, 6.45) is 0. The minimum absolute atomic E-state index is 0.0154. The average Bonchev–Trinajstić information content (AvgIpc) is 2.42. The van der Waals surface area contributed by atoms with Gasteiger partial charge in [0.05, 0.1) is 6.54 Å². The lowest BCUT2D eigenvalue weighted by molar-refractivity contribution is 0.295. The fourth-order valence-corrected chi connectivity index (χ4v) is 2.22. The van der Waals surface area contributed by atoms with Crippen molar-refractivity contribution < 1.29 is 4.74 Å². The largest absolute Gasteiger partial charge is 0.492 e. The highest BCUT2D eigenvalue weighted by Gasteiger charge is 2.12. The van der Waals surface area contributed by atoms with E-state index in [0.717, 1.165) is 11.4 Å². The van der Waals surface area contributed by atoms with Crippen LogP contribution in [0.5, 0.6) is 5.75 Å². The smallest absolute Gasteiger partial charge is 0.250 e. The molecule has 2 aromatic rings. The molecule has 0 radical (unpaired) electrons. The number of ether oxygens (including phenoxy) is 1. The number of rotatable bonds is 4. The summed E-state index contributed by atoms with van der Waals surface area (Å²) in [5.74, 6) is 0.838. The predicted octanol–water partition coefficient (Wildman–Crippen LogP) is 3.53. The summed E-state index contributed by atoms with van der Waals surface area (Å²) in [4.78, 5) is 11.7. The Hall–Kier alpha value is -2.03. The van der Waals surface area contributed by atoms with Crippen molar-refractivity contribution in [1.29, 1.82) is 0 Å². The van der Waals surface area contributed by atoms with Crippen LogP contribution in [0.25, 0.3) is 0 Å². The van der Waals surface area contributed by atoms with Gasteiger partial charge in [0.1, 0.15) is 12.4 Å². The van der Waals surface area contributed by atoms with Gasteiger partial charge in [0.25, 0.3) is 5.56 Å². The second kappa shape index (κ2) is 6.17. The van der Waals surface area contributed by atoms with Crippen LogP contribution in [0, 0.1) is 6.92 Å². The van der Waals surface area contributed by atoms with E-state index in [-0.39, 0.29) is 11.0 Å². The Morgan fingerprint density at radius 1 is 1.05 bits per heavy atom. The fourth-order valence-electron chi connectivity index (χ4n) is 2.22. The van der Waals surface area contributed by atoms with Gasteiger partial charge in [0.2, 0.25) is 0 Å². The standard InChI is InChI=1S/C18H23NO2/c1-14-6-5-7-17(20)19(14)12-13-21-16-10-8-15(9-11-16)18(2,3)4/h5-11H,12-13H2,1-4H3. The normalized spacial score (nSPS) is 11.4. The number of aromatic nitrogens is 1. The second-order valence-corrected chi connectivity index (χ2v) is 6.28. The van der Waals surface area contributed by atoms with Crippen molar-refractivity contribution >= 4 is 0 Å². The summed E-state index contributed by atoms with van der Waals surface area (Å²) >= 11 is 0. The summed E-state index contributed by atoms with van der Waals surface area (Å²) in [5.41, 5.74) is 2.40. The maximum absolute atomic E-state index is 11.7. The Bertz CT molecular complexity index is 648. The molecule has 0 aliphatic rings. The number of nitrogens with zero attached hydrogens (tertiary/aromatic N) is 1. The van der Waals surface area contributed by atoms with E-state index < -0.39 is 0 Å². The van der Waals surface area contributed by atoms with Crippen LogP contribution in [0.4, 0.5) is 0 Å². The first-order valence-electron chi connectivity index (χ1n) is 7.28. The predicted molar refractivity (Wildman–Crippen MR) is 86.1 cm³/mol. The number of hydrogen-bond donors (Lipinski definition) is 0. The lowest BCUT2D eigenvalue weighted by Crippen LogP contribution is -2.24. The van der Waals surface area contributed by atoms with Crippen molar-refractivity contribution in [3.8, 4) is 5.75 Å². The van der Waals surface area contributed by atoms with Gasteiger partial charge in [-0.2, -0.15) is 0 Å². The second-order valence-electron chi connectivity index (χ2n) is 6.28. The SMILES string of the molecule is Cc1cccc(=O)n1CCOc1ccc(C(C)(C)C)cc1. The average molecular weight is 285 g/mol. The first kappa shape index (κ1) is 15.4. The molecule has 2 rings (SSSR count). The van der Waals surface area contributed by atoms with Gasteiger partial charge in [-0.3, -0.25) is 4.79 Å². The van der Waals surface area contributed by atoms with Crippen LogP contribution in [0.1, 0.15) is 32.0 Å². The van der Waals surface area contributed by atoms with Gasteiger partial charge in [-0.05, 0) is 36.1 Å². The van der Waals surface area contributed by atoms with Crippen LogP contribution in [0.2, 0.25) is 0 Å². The van der Waals surface area contributed by atoms with Gasteiger partial charge in [0, 0.05) is 11.8 Å². The number of pyridine rings is 1. The van der Waals surface area contributed by atoms with E-state index in [0.29, 0.717) is 13.2 Å². The first-order chi connectivity index (χ1) is 9.88. The lowest BCUT2D eigenvalue weighted by Gasteiger charge is -2.19. The maximum atomic E-state index is 11.7. The molecule has 0 aliphatic heterocycles. The Kier molecular flexibility index (Phi) is 4.51. The summed E-state index contributed by atoms with van der Waals surface area (Å²) in [7, 11) is 0. The molecule has 0 saturated carbocycles. The number of aryl methyl sites for hydroxylation is 1. The van der Waals surface area contributed by atoms with Crippen molar-refractivity contribution in [2.24, 2.45) is 0 Å². The first-order valence-corrected chi connectivity index (χ1v) is 7.28. The molecule has 0 unspecified atom stereocenters. The third-order valence-electron chi connectivity index (χ3n) is 3.57. The molecule has 0 saturated heterocycles. The Balaban J connectivity index is 1.97. The number of benzene rings is 1. The fraction of sp³-hybridized carbons (Fsp3) is 0.389. The van der Waals surface area contributed by atoms with Crippen molar-refractivity contribution in [2.45, 2.75) is 39.7 Å². The highest BCUT2D eigenvalue weighted by Crippen LogP contribution is 2.24. The van der Waals surface area contributed by atoms with Gasteiger partial charge in [-0.1, -0.05) is 39.0 Å². The van der Waals surface area contributed by atoms with Crippen LogP contribution in [0.15, 0.2) is 47.3 Å². The Labute approximate surface area is 126 Å². The molecule has 0 atom stereocenters. The summed E-state index contributed by atoms with van der Waals surface area (Å²) in [5, 5.41) is 0. The van der Waals surface area contributed by atoms with E-state index in [4.69, 9.17) is 4.74 Å². The van der Waals surface area contributed by atoms with Gasteiger partial charge in [-0.15, -0.1) is 0 Å². The molecule has 0 spiro atoms. The molecule has 0 amide bonds. The molecule has 3 nitrogen and oxygen atoms in total. The van der Waals surface area contributed by atoms with Gasteiger partial charge >= 0.3 is 0 Å². The highest BCUT2D eigenvalue weighted by atomic mass is 16.5. The quantitative estimate of drug-likeness (QED) is 0.860. The van der Waals surface area contributed by atoms with Crippen LogP contribution in [-0.4, -0.2) is 11.2 Å². The van der Waals surface area contributed by atoms with E-state index in [2.05, 4.69) is 32.9 Å². The van der Waals surface area contributed by atoms with Gasteiger partial charge < -0.3 is 9.30 Å². The topological polar surface area (TPSA) is 31.2 Å². The minimum atomic E-state index is 0.0154. The zero-order chi connectivity index (χ0) is 15.5. The van der Waals surface area contributed by atoms with Crippen LogP contribution < -0.4 is 10.3 Å². The van der Waals surface area contributed by atoms with E-state index in [9.17, 15) is 4.79 Å². The van der Waals surface area contributed by atoms with Crippen LogP contribution >= 0.6 is 0 Å². The van der Waals surface area contributed by atoms with Gasteiger partial charge in [-0.25, -0.2) is 0 Å². The van der Waals surface area contributed by atoms with E-state index in [1.54, 1.807) is 16.7 Å². The third-order valence-corrected chi connectivity index (χ3v) is 3.57. The zero-order valence-corrected chi connectivity index (χ0v) is 13.2. The number of hydrogen-bond acceptors (Lipinski definition) is 2. The monoisotopic (exact) mass is 285 g/mol. The van der Waals surface area contributed by atoms with E-state index >= 15 is 0 Å². The van der Waals surface area contributed by atoms with Crippen molar-refractivity contribution in [2.75, 3.05) is 6.61 Å². The van der Waals surface area contributed by atoms with Crippen LogP contribution in [0.3, 0.4) is 0 Å². The summed E-state index contributed by atoms with van der Waals surface area (Å²) in [6.45, 7) is 9.54. The molecular formula is C18H23NO2. The van der Waals surface area contributed by atoms with Gasteiger partial charge in [0.15, 0.2) is 0 Å². The highest BCUT2D eigenvalue weighted by molar-refractivity contribution is 5.31. The molecule has 1 heterocycles. The molecule has 3 heteroatoms. The third kappa shape index (κ3) is 3.97. The molecule has 21 heavy (non-hydrogen) atoms. The zero-order valence-electron chi connectivity index (χ0n) is 13.2. The van der Waals surface area contributed by atoms with Crippen molar-refractivity contribution in [3.63, 3.8) is 0 Å². The van der Waals surface area contributed by atoms with E-state index in [1.165, 1.54) is 5.56 Å². The molecule has 112 valence electrons. The molecule has 0 aliphatic carbocycles. The molecule has 0 bridgehead atoms. The van der Waals surface area contributed by atoms with E-state index in [1.807, 2.05) is 25.1 Å². The lowest BCUT2D eigenvalue weighted by atomic mass is 9.87. The molecule has 1 aromatic carbocycles. The molecule has 0 fully saturated rings. The van der Waals surface area contributed by atoms with Crippen molar-refractivity contribution in [1.82, 2.24) is 4.57 Å². The molecule has 1 aromatic heterocycles. The Morgan fingerprint density at radius 3 is 2.29 bits per heavy atom. The molecule has 0 N–H and O–H groups in total. The van der Waals surface area contributed by atoms with Crippen molar-refractivity contribution in [3.05, 3.63) is 64.1 Å². The van der Waals surface area contributed by atoms with Crippen LogP contribution in [-0.2, 0) is 12.0 Å². The minimum Gasteiger partial charge on any atom is -0.492 e. The summed E-state index contributed by atoms with van der Waals surface area (Å²) < 4.78 is 7.45. The maximum Gasteiger partial charge on any atom is 0.250 e.